The molecule has 1 aliphatic heterocycles. The van der Waals surface area contributed by atoms with E-state index >= 15 is 0 Å². The van der Waals surface area contributed by atoms with Crippen LogP contribution >= 0.6 is 0 Å². The number of ether oxygens (including phenoxy) is 1. The fourth-order valence-corrected chi connectivity index (χ4v) is 3.57. The SMILES string of the molecule is O=S(=O)(c1cnc[nH]1)N1CCOC(c2ccc(F)cc2)C1. The number of aromatic amines is 1. The highest BCUT2D eigenvalue weighted by molar-refractivity contribution is 7.89. The molecule has 21 heavy (non-hydrogen) atoms. The van der Waals surface area contributed by atoms with Gasteiger partial charge >= 0.3 is 0 Å². The normalized spacial score (nSPS) is 20.5. The second-order valence-corrected chi connectivity index (χ2v) is 6.60. The van der Waals surface area contributed by atoms with Gasteiger partial charge in [0, 0.05) is 13.1 Å². The summed E-state index contributed by atoms with van der Waals surface area (Å²) in [7, 11) is -3.61. The monoisotopic (exact) mass is 311 g/mol. The second kappa shape index (κ2) is 5.55. The Labute approximate surface area is 121 Å². The van der Waals surface area contributed by atoms with Crippen LogP contribution in [-0.4, -0.2) is 42.4 Å². The van der Waals surface area contributed by atoms with Crippen LogP contribution in [-0.2, 0) is 14.8 Å². The van der Waals surface area contributed by atoms with Crippen molar-refractivity contribution >= 4 is 10.0 Å². The molecule has 0 radical (unpaired) electrons. The van der Waals surface area contributed by atoms with Gasteiger partial charge in [-0.2, -0.15) is 4.31 Å². The molecule has 0 aliphatic carbocycles. The number of aromatic nitrogens is 2. The van der Waals surface area contributed by atoms with Crippen LogP contribution in [0.15, 0.2) is 41.8 Å². The second-order valence-electron chi connectivity index (χ2n) is 4.69. The number of benzene rings is 1. The van der Waals surface area contributed by atoms with E-state index in [2.05, 4.69) is 9.97 Å². The number of halogens is 1. The van der Waals surface area contributed by atoms with Crippen LogP contribution < -0.4 is 0 Å². The average Bonchev–Trinajstić information content (AvgIpc) is 3.03. The zero-order valence-electron chi connectivity index (χ0n) is 11.1. The van der Waals surface area contributed by atoms with Crippen molar-refractivity contribution in [2.75, 3.05) is 19.7 Å². The van der Waals surface area contributed by atoms with Crippen LogP contribution in [0.3, 0.4) is 0 Å². The van der Waals surface area contributed by atoms with Crippen molar-refractivity contribution < 1.29 is 17.5 Å². The minimum atomic E-state index is -3.61. The molecule has 2 aromatic rings. The van der Waals surface area contributed by atoms with Crippen LogP contribution in [0, 0.1) is 5.82 Å². The van der Waals surface area contributed by atoms with Crippen LogP contribution in [0.1, 0.15) is 11.7 Å². The molecule has 1 saturated heterocycles. The molecule has 1 atom stereocenters. The zero-order chi connectivity index (χ0) is 14.9. The molecule has 1 aromatic carbocycles. The summed E-state index contributed by atoms with van der Waals surface area (Å²) < 4.78 is 44.7. The molecule has 1 aliphatic rings. The molecule has 6 nitrogen and oxygen atoms in total. The van der Waals surface area contributed by atoms with Gasteiger partial charge in [0.2, 0.25) is 0 Å². The van der Waals surface area contributed by atoms with Gasteiger partial charge in [0.1, 0.15) is 5.82 Å². The first-order valence-electron chi connectivity index (χ1n) is 6.43. The summed E-state index contributed by atoms with van der Waals surface area (Å²) in [5, 5.41) is 0.0576. The summed E-state index contributed by atoms with van der Waals surface area (Å²) in [6.07, 6.45) is 2.19. The van der Waals surface area contributed by atoms with E-state index in [1.54, 1.807) is 12.1 Å². The summed E-state index contributed by atoms with van der Waals surface area (Å²) in [6, 6.07) is 5.88. The summed E-state index contributed by atoms with van der Waals surface area (Å²) in [6.45, 7) is 0.751. The molecule has 3 rings (SSSR count). The van der Waals surface area contributed by atoms with Gasteiger partial charge in [0.05, 0.1) is 25.2 Å². The van der Waals surface area contributed by atoms with E-state index in [1.165, 1.54) is 29.0 Å². The Kier molecular flexibility index (Phi) is 3.75. The van der Waals surface area contributed by atoms with E-state index in [9.17, 15) is 12.8 Å². The Balaban J connectivity index is 1.82. The van der Waals surface area contributed by atoms with Crippen LogP contribution in [0.4, 0.5) is 4.39 Å². The lowest BCUT2D eigenvalue weighted by Crippen LogP contribution is -2.42. The predicted octanol–water partition coefficient (Wildman–Crippen LogP) is 1.31. The van der Waals surface area contributed by atoms with E-state index in [4.69, 9.17) is 4.74 Å². The molecule has 2 heterocycles. The van der Waals surface area contributed by atoms with Crippen LogP contribution in [0.5, 0.6) is 0 Å². The van der Waals surface area contributed by atoms with Gasteiger partial charge in [-0.3, -0.25) is 0 Å². The molecule has 112 valence electrons. The van der Waals surface area contributed by atoms with Crippen molar-refractivity contribution in [3.8, 4) is 0 Å². The van der Waals surface area contributed by atoms with Crippen molar-refractivity contribution in [3.63, 3.8) is 0 Å². The summed E-state index contributed by atoms with van der Waals surface area (Å²) in [4.78, 5) is 6.34. The van der Waals surface area contributed by atoms with Crippen molar-refractivity contribution in [1.29, 1.82) is 0 Å². The molecule has 1 unspecified atom stereocenters. The molecule has 0 spiro atoms. The minimum Gasteiger partial charge on any atom is -0.371 e. The number of hydrogen-bond donors (Lipinski definition) is 1. The smallest absolute Gasteiger partial charge is 0.260 e. The van der Waals surface area contributed by atoms with Crippen LogP contribution in [0.25, 0.3) is 0 Å². The van der Waals surface area contributed by atoms with Gasteiger partial charge < -0.3 is 9.72 Å². The largest absolute Gasteiger partial charge is 0.371 e. The molecule has 0 amide bonds. The molecule has 1 aromatic heterocycles. The maximum absolute atomic E-state index is 12.9. The van der Waals surface area contributed by atoms with E-state index < -0.39 is 16.1 Å². The number of sulfonamides is 1. The molecule has 8 heteroatoms. The Morgan fingerprint density at radius 3 is 2.76 bits per heavy atom. The van der Waals surface area contributed by atoms with Crippen molar-refractivity contribution in [2.24, 2.45) is 0 Å². The lowest BCUT2D eigenvalue weighted by Gasteiger charge is -2.31. The Morgan fingerprint density at radius 2 is 2.10 bits per heavy atom. The fourth-order valence-electron chi connectivity index (χ4n) is 2.25. The quantitative estimate of drug-likeness (QED) is 0.927. The van der Waals surface area contributed by atoms with Crippen molar-refractivity contribution in [1.82, 2.24) is 14.3 Å². The highest BCUT2D eigenvalue weighted by atomic mass is 32.2. The predicted molar refractivity (Wildman–Crippen MR) is 72.4 cm³/mol. The number of nitrogens with zero attached hydrogens (tertiary/aromatic N) is 2. The molecular weight excluding hydrogens is 297 g/mol. The van der Waals surface area contributed by atoms with Gasteiger partial charge in [-0.25, -0.2) is 17.8 Å². The highest BCUT2D eigenvalue weighted by Gasteiger charge is 2.32. The van der Waals surface area contributed by atoms with Gasteiger partial charge in [0.25, 0.3) is 10.0 Å². The number of H-pyrrole nitrogens is 1. The third-order valence-electron chi connectivity index (χ3n) is 3.36. The number of hydrogen-bond acceptors (Lipinski definition) is 4. The summed E-state index contributed by atoms with van der Waals surface area (Å²) >= 11 is 0. The van der Waals surface area contributed by atoms with Gasteiger partial charge in [-0.1, -0.05) is 12.1 Å². The topological polar surface area (TPSA) is 75.3 Å². The van der Waals surface area contributed by atoms with E-state index in [0.717, 1.165) is 5.56 Å². The fraction of sp³-hybridized carbons (Fsp3) is 0.308. The standard InChI is InChI=1S/C13H14FN3O3S/c14-11-3-1-10(2-4-11)12-8-17(5-6-20-12)21(18,19)13-7-15-9-16-13/h1-4,7,9,12H,5-6,8H2,(H,15,16). The first-order valence-corrected chi connectivity index (χ1v) is 7.87. The number of morpholine rings is 1. The lowest BCUT2D eigenvalue weighted by atomic mass is 10.1. The van der Waals surface area contributed by atoms with Crippen LogP contribution in [0.2, 0.25) is 0 Å². The van der Waals surface area contributed by atoms with Gasteiger partial charge in [0.15, 0.2) is 5.03 Å². The molecule has 0 bridgehead atoms. The maximum atomic E-state index is 12.9. The molecule has 1 fully saturated rings. The Bertz CT molecular complexity index is 701. The average molecular weight is 311 g/mol. The first kappa shape index (κ1) is 14.2. The van der Waals surface area contributed by atoms with E-state index in [0.29, 0.717) is 0 Å². The first-order chi connectivity index (χ1) is 10.1. The minimum absolute atomic E-state index is 0.0576. The third kappa shape index (κ3) is 2.82. The number of nitrogens with one attached hydrogen (secondary N) is 1. The van der Waals surface area contributed by atoms with Gasteiger partial charge in [-0.05, 0) is 17.7 Å². The molecular formula is C13H14FN3O3S. The lowest BCUT2D eigenvalue weighted by molar-refractivity contribution is -0.00264. The Morgan fingerprint density at radius 1 is 1.33 bits per heavy atom. The third-order valence-corrected chi connectivity index (χ3v) is 5.15. The molecule has 1 N–H and O–H groups in total. The van der Waals surface area contributed by atoms with Crippen molar-refractivity contribution in [3.05, 3.63) is 48.2 Å². The molecule has 0 saturated carbocycles. The Hall–Kier alpha value is -1.77. The van der Waals surface area contributed by atoms with E-state index in [1.807, 2.05) is 0 Å². The maximum Gasteiger partial charge on any atom is 0.260 e. The van der Waals surface area contributed by atoms with Crippen molar-refractivity contribution in [2.45, 2.75) is 11.1 Å². The number of imidazole rings is 1. The summed E-state index contributed by atoms with van der Waals surface area (Å²) in [5.41, 5.74) is 0.751. The van der Waals surface area contributed by atoms with Gasteiger partial charge in [-0.15, -0.1) is 0 Å². The zero-order valence-corrected chi connectivity index (χ0v) is 11.9. The number of rotatable bonds is 3. The highest BCUT2D eigenvalue weighted by Crippen LogP contribution is 2.25. The summed E-state index contributed by atoms with van der Waals surface area (Å²) in [5.74, 6) is -0.337. The van der Waals surface area contributed by atoms with E-state index in [-0.39, 0.29) is 30.5 Å².